The molecule has 0 aliphatic heterocycles. The summed E-state index contributed by atoms with van der Waals surface area (Å²) in [7, 11) is 0. The number of nitrogens with one attached hydrogen (secondary N) is 1. The zero-order chi connectivity index (χ0) is 17.7. The van der Waals surface area contributed by atoms with Crippen LogP contribution < -0.4 is 5.32 Å². The van der Waals surface area contributed by atoms with Gasteiger partial charge in [-0.2, -0.15) is 13.2 Å². The molecule has 0 heterocycles. The van der Waals surface area contributed by atoms with Gasteiger partial charge in [0.05, 0.1) is 11.1 Å². The summed E-state index contributed by atoms with van der Waals surface area (Å²) in [5, 5.41) is 2.47. The molecule has 2 aromatic rings. The smallest absolute Gasteiger partial charge is 0.417 e. The average molecular weight is 402 g/mol. The molecule has 2 aromatic carbocycles. The quantitative estimate of drug-likeness (QED) is 0.778. The number of carbonyl (C=O) groups is 2. The van der Waals surface area contributed by atoms with Crippen LogP contribution in [0.25, 0.3) is 0 Å². The molecule has 1 N–H and O–H groups in total. The Kier molecular flexibility index (Phi) is 5.61. The van der Waals surface area contributed by atoms with Crippen LogP contribution in [0.5, 0.6) is 0 Å². The minimum Gasteiger partial charge on any atom is -0.452 e. The number of amides is 1. The van der Waals surface area contributed by atoms with E-state index in [4.69, 9.17) is 0 Å². The number of alkyl halides is 3. The Labute approximate surface area is 143 Å². The second-order valence-electron chi connectivity index (χ2n) is 4.68. The van der Waals surface area contributed by atoms with Gasteiger partial charge in [0.1, 0.15) is 0 Å². The van der Waals surface area contributed by atoms with Crippen molar-refractivity contribution >= 4 is 33.5 Å². The summed E-state index contributed by atoms with van der Waals surface area (Å²) >= 11 is 3.23. The molecule has 0 spiro atoms. The lowest BCUT2D eigenvalue weighted by molar-refractivity contribution is -0.138. The van der Waals surface area contributed by atoms with Crippen molar-refractivity contribution in [1.29, 1.82) is 0 Å². The first-order valence-electron chi connectivity index (χ1n) is 6.66. The maximum atomic E-state index is 12.8. The third kappa shape index (κ3) is 4.82. The summed E-state index contributed by atoms with van der Waals surface area (Å²) < 4.78 is 43.9. The molecular weight excluding hydrogens is 391 g/mol. The third-order valence-electron chi connectivity index (χ3n) is 2.90. The van der Waals surface area contributed by atoms with Gasteiger partial charge in [0.25, 0.3) is 5.91 Å². The van der Waals surface area contributed by atoms with Crippen molar-refractivity contribution in [2.75, 3.05) is 11.9 Å². The lowest BCUT2D eigenvalue weighted by Crippen LogP contribution is -2.22. The number of hydrogen-bond donors (Lipinski definition) is 1. The van der Waals surface area contributed by atoms with E-state index >= 15 is 0 Å². The molecule has 0 aliphatic rings. The lowest BCUT2D eigenvalue weighted by Gasteiger charge is -2.12. The van der Waals surface area contributed by atoms with E-state index in [1.165, 1.54) is 12.1 Å². The van der Waals surface area contributed by atoms with Gasteiger partial charge < -0.3 is 10.1 Å². The second kappa shape index (κ2) is 7.48. The zero-order valence-corrected chi connectivity index (χ0v) is 13.6. The average Bonchev–Trinajstić information content (AvgIpc) is 2.52. The van der Waals surface area contributed by atoms with E-state index in [1.807, 2.05) is 0 Å². The molecule has 0 unspecified atom stereocenters. The van der Waals surface area contributed by atoms with Gasteiger partial charge in [0.2, 0.25) is 0 Å². The topological polar surface area (TPSA) is 55.4 Å². The Hall–Kier alpha value is -2.35. The highest BCUT2D eigenvalue weighted by Crippen LogP contribution is 2.32. The molecule has 8 heteroatoms. The van der Waals surface area contributed by atoms with Crippen molar-refractivity contribution < 1.29 is 27.5 Å². The van der Waals surface area contributed by atoms with E-state index in [0.29, 0.717) is 5.69 Å². The van der Waals surface area contributed by atoms with E-state index in [-0.39, 0.29) is 0 Å². The monoisotopic (exact) mass is 401 g/mol. The fourth-order valence-corrected chi connectivity index (χ4v) is 2.28. The van der Waals surface area contributed by atoms with Crippen LogP contribution in [0, 0.1) is 0 Å². The van der Waals surface area contributed by atoms with Gasteiger partial charge in [-0.15, -0.1) is 0 Å². The van der Waals surface area contributed by atoms with Gasteiger partial charge in [-0.1, -0.05) is 34.1 Å². The van der Waals surface area contributed by atoms with Crippen LogP contribution in [-0.2, 0) is 15.7 Å². The molecule has 0 aliphatic carbocycles. The normalized spacial score (nSPS) is 11.0. The van der Waals surface area contributed by atoms with Gasteiger partial charge in [0, 0.05) is 10.2 Å². The minimum atomic E-state index is -4.69. The van der Waals surface area contributed by atoms with E-state index in [2.05, 4.69) is 26.0 Å². The van der Waals surface area contributed by atoms with Crippen LogP contribution in [0.3, 0.4) is 0 Å². The Morgan fingerprint density at radius 1 is 1.08 bits per heavy atom. The molecule has 0 saturated carbocycles. The third-order valence-corrected chi connectivity index (χ3v) is 3.39. The van der Waals surface area contributed by atoms with Crippen LogP contribution in [-0.4, -0.2) is 18.5 Å². The molecule has 1 amide bonds. The largest absolute Gasteiger partial charge is 0.452 e. The highest BCUT2D eigenvalue weighted by Gasteiger charge is 2.35. The van der Waals surface area contributed by atoms with E-state index in [1.54, 1.807) is 24.3 Å². The van der Waals surface area contributed by atoms with Crippen molar-refractivity contribution in [3.8, 4) is 0 Å². The van der Waals surface area contributed by atoms with Crippen LogP contribution in [0.4, 0.5) is 18.9 Å². The zero-order valence-electron chi connectivity index (χ0n) is 12.1. The first-order valence-corrected chi connectivity index (χ1v) is 7.45. The van der Waals surface area contributed by atoms with Gasteiger partial charge in [-0.05, 0) is 30.3 Å². The minimum absolute atomic E-state index is 0.459. The molecule has 0 bridgehead atoms. The molecule has 4 nitrogen and oxygen atoms in total. The Morgan fingerprint density at radius 3 is 2.46 bits per heavy atom. The van der Waals surface area contributed by atoms with Crippen molar-refractivity contribution in [1.82, 2.24) is 0 Å². The van der Waals surface area contributed by atoms with Gasteiger partial charge in [-0.3, -0.25) is 4.79 Å². The van der Waals surface area contributed by atoms with Crippen molar-refractivity contribution in [3.05, 3.63) is 64.1 Å². The summed E-state index contributed by atoms with van der Waals surface area (Å²) in [6, 6.07) is 10.9. The lowest BCUT2D eigenvalue weighted by atomic mass is 10.1. The van der Waals surface area contributed by atoms with Crippen molar-refractivity contribution in [2.45, 2.75) is 6.18 Å². The van der Waals surface area contributed by atoms with Crippen LogP contribution in [0.15, 0.2) is 53.0 Å². The van der Waals surface area contributed by atoms with Crippen LogP contribution in [0.1, 0.15) is 15.9 Å². The maximum Gasteiger partial charge on any atom is 0.417 e. The first kappa shape index (κ1) is 18.0. The van der Waals surface area contributed by atoms with Crippen LogP contribution >= 0.6 is 15.9 Å². The van der Waals surface area contributed by atoms with Crippen molar-refractivity contribution in [2.24, 2.45) is 0 Å². The molecule has 2 rings (SSSR count). The van der Waals surface area contributed by atoms with E-state index in [0.717, 1.165) is 16.6 Å². The molecule has 0 atom stereocenters. The van der Waals surface area contributed by atoms with Gasteiger partial charge in [-0.25, -0.2) is 4.79 Å². The fraction of sp³-hybridized carbons (Fsp3) is 0.125. The predicted octanol–water partition coefficient (Wildman–Crippen LogP) is 4.26. The highest BCUT2D eigenvalue weighted by molar-refractivity contribution is 9.10. The van der Waals surface area contributed by atoms with E-state index in [9.17, 15) is 22.8 Å². The number of esters is 1. The number of rotatable bonds is 4. The highest BCUT2D eigenvalue weighted by atomic mass is 79.9. The predicted molar refractivity (Wildman–Crippen MR) is 84.5 cm³/mol. The number of hydrogen-bond acceptors (Lipinski definition) is 3. The molecule has 0 fully saturated rings. The second-order valence-corrected chi connectivity index (χ2v) is 5.59. The SMILES string of the molecule is O=C(COC(=O)c1ccccc1C(F)(F)F)Nc1cccc(Br)c1. The van der Waals surface area contributed by atoms with Gasteiger partial charge in [0.15, 0.2) is 6.61 Å². The molecule has 126 valence electrons. The number of halogens is 4. The fourth-order valence-electron chi connectivity index (χ4n) is 1.88. The van der Waals surface area contributed by atoms with Crippen molar-refractivity contribution in [3.63, 3.8) is 0 Å². The molecule has 0 saturated heterocycles. The maximum absolute atomic E-state index is 12.8. The number of anilines is 1. The molecule has 0 aromatic heterocycles. The standard InChI is InChI=1S/C16H11BrF3NO3/c17-10-4-3-5-11(8-10)21-14(22)9-24-15(23)12-6-1-2-7-13(12)16(18,19)20/h1-8H,9H2,(H,21,22). The van der Waals surface area contributed by atoms with Crippen LogP contribution in [0.2, 0.25) is 0 Å². The molecule has 24 heavy (non-hydrogen) atoms. The molecule has 0 radical (unpaired) electrons. The molecular formula is C16H11BrF3NO3. The van der Waals surface area contributed by atoms with Gasteiger partial charge >= 0.3 is 12.1 Å². The van der Waals surface area contributed by atoms with E-state index < -0.39 is 35.8 Å². The summed E-state index contributed by atoms with van der Waals surface area (Å²) in [6.45, 7) is -0.697. The Balaban J connectivity index is 2.00. The summed E-state index contributed by atoms with van der Waals surface area (Å²) in [5.41, 5.74) is -1.29. The Morgan fingerprint density at radius 2 is 1.79 bits per heavy atom. The Bertz CT molecular complexity index is 762. The number of benzene rings is 2. The summed E-state index contributed by atoms with van der Waals surface area (Å²) in [5.74, 6) is -1.88. The summed E-state index contributed by atoms with van der Waals surface area (Å²) in [4.78, 5) is 23.5. The number of ether oxygens (including phenoxy) is 1. The first-order chi connectivity index (χ1) is 11.3. The summed E-state index contributed by atoms with van der Waals surface area (Å²) in [6.07, 6.45) is -4.69. The number of carbonyl (C=O) groups excluding carboxylic acids is 2.